The maximum atomic E-state index is 12.3. The summed E-state index contributed by atoms with van der Waals surface area (Å²) in [6.45, 7) is 3.85. The summed E-state index contributed by atoms with van der Waals surface area (Å²) in [7, 11) is 3.81. The molecule has 1 N–H and O–H groups in total. The molecule has 0 amide bonds. The number of halogens is 1. The third-order valence-corrected chi connectivity index (χ3v) is 4.26. The van der Waals surface area contributed by atoms with Crippen LogP contribution in [0.1, 0.15) is 12.6 Å². The van der Waals surface area contributed by atoms with Crippen LogP contribution in [0.4, 0.5) is 15.9 Å². The molecule has 1 aromatic carbocycles. The first kappa shape index (κ1) is 18.9. The number of nitrogens with one attached hydrogen (secondary N) is 1. The zero-order valence-electron chi connectivity index (χ0n) is 15.0. The van der Waals surface area contributed by atoms with Gasteiger partial charge in [0, 0.05) is 25.2 Å². The van der Waals surface area contributed by atoms with Crippen LogP contribution < -0.4 is 5.32 Å². The number of fused-ring (bicyclic) bond motifs is 1. The van der Waals surface area contributed by atoms with Crippen molar-refractivity contribution in [2.45, 2.75) is 18.7 Å². The van der Waals surface area contributed by atoms with Crippen molar-refractivity contribution in [2.24, 2.45) is 12.0 Å². The lowest BCUT2D eigenvalue weighted by molar-refractivity contribution is 0.624. The van der Waals surface area contributed by atoms with Crippen molar-refractivity contribution in [1.82, 2.24) is 14.5 Å². The van der Waals surface area contributed by atoms with Crippen LogP contribution in [0.25, 0.3) is 11.0 Å². The molecule has 0 aliphatic carbocycles. The Kier molecular flexibility index (Phi) is 6.52. The number of aliphatic imine (C=N–C) groups is 1. The number of aryl methyl sites for hydroxylation is 2. The van der Waals surface area contributed by atoms with Crippen LogP contribution in [0.3, 0.4) is 0 Å². The standard InChI is InChI=1S/C11H15N5.C7H7FS/c1-5-13-8-7(2)15-11(12-3)9-10(8)16(4)6-14-9;1-9-7-4-2-3-6(8)5-7/h5-6H,1-4H3,(H,12,15);2-5H,1H3. The number of benzene rings is 1. The lowest BCUT2D eigenvalue weighted by atomic mass is 10.2. The minimum absolute atomic E-state index is 0.165. The Balaban J connectivity index is 0.000000212. The second-order valence-electron chi connectivity index (χ2n) is 5.25. The highest BCUT2D eigenvalue weighted by atomic mass is 32.2. The molecule has 2 heterocycles. The lowest BCUT2D eigenvalue weighted by Gasteiger charge is -2.07. The van der Waals surface area contributed by atoms with E-state index >= 15 is 0 Å². The van der Waals surface area contributed by atoms with E-state index in [2.05, 4.69) is 20.3 Å². The van der Waals surface area contributed by atoms with Gasteiger partial charge in [-0.05, 0) is 38.3 Å². The number of nitrogens with zero attached hydrogens (tertiary/aromatic N) is 4. The van der Waals surface area contributed by atoms with E-state index < -0.39 is 0 Å². The Labute approximate surface area is 151 Å². The molecule has 7 heteroatoms. The predicted molar refractivity (Wildman–Crippen MR) is 105 cm³/mol. The molecule has 132 valence electrons. The molecule has 2 aromatic heterocycles. The number of rotatable bonds is 3. The minimum Gasteiger partial charge on any atom is -0.371 e. The number of hydrogen-bond acceptors (Lipinski definition) is 5. The van der Waals surface area contributed by atoms with Crippen molar-refractivity contribution in [3.63, 3.8) is 0 Å². The molecule has 0 radical (unpaired) electrons. The summed E-state index contributed by atoms with van der Waals surface area (Å²) in [5.41, 5.74) is 3.65. The van der Waals surface area contributed by atoms with Crippen molar-refractivity contribution in [2.75, 3.05) is 18.6 Å². The topological polar surface area (TPSA) is 55.1 Å². The summed E-state index contributed by atoms with van der Waals surface area (Å²) in [6.07, 6.45) is 5.48. The van der Waals surface area contributed by atoms with Gasteiger partial charge in [-0.1, -0.05) is 6.07 Å². The number of aromatic nitrogens is 3. The second-order valence-corrected chi connectivity index (χ2v) is 6.13. The highest BCUT2D eigenvalue weighted by Gasteiger charge is 2.13. The van der Waals surface area contributed by atoms with E-state index in [1.54, 1.807) is 30.4 Å². The van der Waals surface area contributed by atoms with Gasteiger partial charge in [0.1, 0.15) is 17.0 Å². The van der Waals surface area contributed by atoms with Crippen molar-refractivity contribution in [1.29, 1.82) is 0 Å². The molecule has 3 aromatic rings. The maximum Gasteiger partial charge on any atom is 0.154 e. The van der Waals surface area contributed by atoms with E-state index in [-0.39, 0.29) is 5.82 Å². The molecule has 0 fully saturated rings. The molecule has 0 atom stereocenters. The Bertz CT molecular complexity index is 889. The van der Waals surface area contributed by atoms with Gasteiger partial charge in [-0.3, -0.25) is 4.99 Å². The largest absolute Gasteiger partial charge is 0.371 e. The van der Waals surface area contributed by atoms with Crippen molar-refractivity contribution in [3.8, 4) is 0 Å². The number of pyridine rings is 1. The van der Waals surface area contributed by atoms with Crippen LogP contribution in [-0.2, 0) is 7.05 Å². The van der Waals surface area contributed by atoms with Crippen LogP contribution in [0.5, 0.6) is 0 Å². The van der Waals surface area contributed by atoms with E-state index in [9.17, 15) is 4.39 Å². The molecule has 3 rings (SSSR count). The third kappa shape index (κ3) is 4.36. The third-order valence-electron chi connectivity index (χ3n) is 3.53. The molecule has 0 saturated carbocycles. The Hall–Kier alpha value is -2.41. The summed E-state index contributed by atoms with van der Waals surface area (Å²) in [4.78, 5) is 14.1. The quantitative estimate of drug-likeness (QED) is 0.549. The van der Waals surface area contributed by atoms with Crippen LogP contribution in [0.15, 0.2) is 40.5 Å². The molecule has 0 saturated heterocycles. The number of imidazole rings is 1. The van der Waals surface area contributed by atoms with E-state index in [1.807, 2.05) is 44.8 Å². The fourth-order valence-electron chi connectivity index (χ4n) is 2.38. The van der Waals surface area contributed by atoms with Gasteiger partial charge in [-0.25, -0.2) is 14.4 Å². The first-order valence-corrected chi connectivity index (χ1v) is 9.01. The number of hydrogen-bond donors (Lipinski definition) is 1. The Morgan fingerprint density at radius 1 is 1.36 bits per heavy atom. The van der Waals surface area contributed by atoms with Crippen molar-refractivity contribution in [3.05, 3.63) is 42.1 Å². The zero-order valence-corrected chi connectivity index (χ0v) is 15.9. The number of anilines is 1. The molecule has 0 aliphatic rings. The van der Waals surface area contributed by atoms with Crippen molar-refractivity contribution < 1.29 is 4.39 Å². The second kappa shape index (κ2) is 8.62. The normalized spacial score (nSPS) is 10.8. The summed E-state index contributed by atoms with van der Waals surface area (Å²) >= 11 is 1.54. The van der Waals surface area contributed by atoms with Gasteiger partial charge < -0.3 is 9.88 Å². The first-order chi connectivity index (χ1) is 12.0. The molecule has 5 nitrogen and oxygen atoms in total. The average molecular weight is 359 g/mol. The highest BCUT2D eigenvalue weighted by Crippen LogP contribution is 2.31. The molecule has 0 bridgehead atoms. The van der Waals surface area contributed by atoms with E-state index in [0.29, 0.717) is 0 Å². The van der Waals surface area contributed by atoms with Gasteiger partial charge in [0.2, 0.25) is 0 Å². The predicted octanol–water partition coefficient (Wildman–Crippen LogP) is 4.59. The molecule has 0 aliphatic heterocycles. The fraction of sp³-hybridized carbons (Fsp3) is 0.278. The molecule has 0 unspecified atom stereocenters. The summed E-state index contributed by atoms with van der Waals surface area (Å²) in [5, 5.41) is 3.05. The lowest BCUT2D eigenvalue weighted by Crippen LogP contribution is -1.97. The Morgan fingerprint density at radius 2 is 2.12 bits per heavy atom. The van der Waals surface area contributed by atoms with E-state index in [1.165, 1.54) is 12.1 Å². The van der Waals surface area contributed by atoms with Crippen LogP contribution in [0, 0.1) is 12.7 Å². The fourth-order valence-corrected chi connectivity index (χ4v) is 2.82. The van der Waals surface area contributed by atoms with Gasteiger partial charge in [0.25, 0.3) is 0 Å². The highest BCUT2D eigenvalue weighted by molar-refractivity contribution is 7.98. The van der Waals surface area contributed by atoms with E-state index in [4.69, 9.17) is 0 Å². The van der Waals surface area contributed by atoms with Crippen LogP contribution in [0.2, 0.25) is 0 Å². The van der Waals surface area contributed by atoms with Gasteiger partial charge in [0.05, 0.1) is 17.5 Å². The molecule has 25 heavy (non-hydrogen) atoms. The monoisotopic (exact) mass is 359 g/mol. The minimum atomic E-state index is -0.165. The van der Waals surface area contributed by atoms with Crippen molar-refractivity contribution >= 4 is 40.5 Å². The zero-order chi connectivity index (χ0) is 18.4. The van der Waals surface area contributed by atoms with E-state index in [0.717, 1.165) is 33.1 Å². The smallest absolute Gasteiger partial charge is 0.154 e. The van der Waals surface area contributed by atoms with Gasteiger partial charge >= 0.3 is 0 Å². The molecule has 0 spiro atoms. The average Bonchev–Trinajstić information content (AvgIpc) is 2.99. The van der Waals surface area contributed by atoms with Gasteiger partial charge in [0.15, 0.2) is 5.82 Å². The SMILES string of the molecule is CC=Nc1c(C)nc(NC)c2ncn(C)c12.CSc1cccc(F)c1. The number of thioether (sulfide) groups is 1. The van der Waals surface area contributed by atoms with Crippen LogP contribution in [-0.4, -0.2) is 34.1 Å². The summed E-state index contributed by atoms with van der Waals surface area (Å²) in [5.74, 6) is 0.630. The van der Waals surface area contributed by atoms with Crippen LogP contribution >= 0.6 is 11.8 Å². The van der Waals surface area contributed by atoms with Gasteiger partial charge in [-0.15, -0.1) is 11.8 Å². The maximum absolute atomic E-state index is 12.3. The summed E-state index contributed by atoms with van der Waals surface area (Å²) < 4.78 is 14.3. The van der Waals surface area contributed by atoms with Gasteiger partial charge in [-0.2, -0.15) is 0 Å². The first-order valence-electron chi connectivity index (χ1n) is 7.79. The molecular formula is C18H22FN5S. The Morgan fingerprint density at radius 3 is 2.68 bits per heavy atom. The summed E-state index contributed by atoms with van der Waals surface area (Å²) in [6, 6.07) is 6.55. The molecular weight excluding hydrogens is 337 g/mol.